The van der Waals surface area contributed by atoms with Crippen molar-refractivity contribution in [3.8, 4) is 0 Å². The average molecular weight is 154 g/mol. The average Bonchev–Trinajstić information content (AvgIpc) is 2.03. The third-order valence-corrected chi connectivity index (χ3v) is 1.66. The molecule has 2 heteroatoms. The van der Waals surface area contributed by atoms with E-state index in [-0.39, 0.29) is 0 Å². The lowest BCUT2D eigenvalue weighted by Gasteiger charge is -1.98. The molecule has 0 amide bonds. The fraction of sp³-hybridized carbons (Fsp3) is 0.250. The second-order valence-corrected chi connectivity index (χ2v) is 2.68. The quantitative estimate of drug-likeness (QED) is 0.607. The van der Waals surface area contributed by atoms with Crippen LogP contribution in [0.25, 0.3) is 0 Å². The molecular weight excluding hydrogens is 143 g/mol. The van der Waals surface area contributed by atoms with Crippen molar-refractivity contribution >= 4 is 8.81 Å². The van der Waals surface area contributed by atoms with Crippen LogP contribution < -0.4 is 0 Å². The van der Waals surface area contributed by atoms with Crippen molar-refractivity contribution < 1.29 is 4.52 Å². The van der Waals surface area contributed by atoms with Crippen LogP contribution in [-0.2, 0) is 11.1 Å². The number of benzene rings is 1. The third kappa shape index (κ3) is 2.47. The summed E-state index contributed by atoms with van der Waals surface area (Å²) in [6, 6.07) is 10.2. The lowest BCUT2D eigenvalue weighted by atomic mass is 10.2. The Labute approximate surface area is 63.3 Å². The summed E-state index contributed by atoms with van der Waals surface area (Å²) in [5.74, 6) is 0. The molecule has 0 radical (unpaired) electrons. The third-order valence-electron chi connectivity index (χ3n) is 1.23. The minimum atomic E-state index is 0.583. The summed E-state index contributed by atoms with van der Waals surface area (Å²) in [6.07, 6.45) is 0. The summed E-state index contributed by atoms with van der Waals surface area (Å²) in [5.41, 5.74) is 1.25. The van der Waals surface area contributed by atoms with Crippen molar-refractivity contribution in [3.05, 3.63) is 35.9 Å². The molecule has 0 saturated heterocycles. The van der Waals surface area contributed by atoms with Crippen LogP contribution in [0.15, 0.2) is 30.3 Å². The molecule has 10 heavy (non-hydrogen) atoms. The van der Waals surface area contributed by atoms with Crippen LogP contribution in [0.3, 0.4) is 0 Å². The largest absolute Gasteiger partial charge is 0.358 e. The van der Waals surface area contributed by atoms with Crippen molar-refractivity contribution in [1.82, 2.24) is 0 Å². The zero-order valence-electron chi connectivity index (χ0n) is 6.00. The fourth-order valence-corrected chi connectivity index (χ4v) is 1.04. The number of hydrogen-bond donors (Lipinski definition) is 0. The first-order valence-corrected chi connectivity index (χ1v) is 4.67. The Morgan fingerprint density at radius 3 is 2.60 bits per heavy atom. The molecule has 0 saturated carbocycles. The van der Waals surface area contributed by atoms with E-state index in [1.807, 2.05) is 24.9 Å². The van der Waals surface area contributed by atoms with E-state index >= 15 is 0 Å². The molecule has 1 nitrogen and oxygen atoms in total. The Morgan fingerprint density at radius 2 is 2.00 bits per heavy atom. The van der Waals surface area contributed by atoms with Gasteiger partial charge in [0.05, 0.1) is 6.61 Å². The second kappa shape index (κ2) is 4.43. The van der Waals surface area contributed by atoms with E-state index in [0.717, 1.165) is 6.61 Å². The highest BCUT2D eigenvalue weighted by Gasteiger charge is 1.87. The number of rotatable bonds is 3. The molecule has 1 rings (SSSR count). The minimum Gasteiger partial charge on any atom is -0.358 e. The zero-order chi connectivity index (χ0) is 7.23. The first-order chi connectivity index (χ1) is 4.93. The van der Waals surface area contributed by atoms with E-state index in [2.05, 4.69) is 12.1 Å². The predicted octanol–water partition coefficient (Wildman–Crippen LogP) is 2.43. The van der Waals surface area contributed by atoms with Crippen LogP contribution in [0.4, 0.5) is 0 Å². The highest BCUT2D eigenvalue weighted by atomic mass is 31.1. The molecule has 0 aliphatic heterocycles. The normalized spacial score (nSPS) is 10.9. The molecule has 1 aromatic carbocycles. The van der Waals surface area contributed by atoms with Crippen molar-refractivity contribution in [2.45, 2.75) is 6.61 Å². The molecule has 1 atom stereocenters. The smallest absolute Gasteiger partial charge is 0.0756 e. The SMILES string of the molecule is CPOCc1ccccc1. The first kappa shape index (κ1) is 7.71. The molecule has 0 N–H and O–H groups in total. The van der Waals surface area contributed by atoms with E-state index in [1.54, 1.807) is 0 Å². The van der Waals surface area contributed by atoms with Gasteiger partial charge in [-0.1, -0.05) is 30.3 Å². The first-order valence-electron chi connectivity index (χ1n) is 3.26. The van der Waals surface area contributed by atoms with Gasteiger partial charge >= 0.3 is 0 Å². The van der Waals surface area contributed by atoms with Crippen molar-refractivity contribution in [3.63, 3.8) is 0 Å². The lowest BCUT2D eigenvalue weighted by molar-refractivity contribution is 0.354. The minimum absolute atomic E-state index is 0.583. The van der Waals surface area contributed by atoms with Gasteiger partial charge in [0.1, 0.15) is 0 Å². The topological polar surface area (TPSA) is 9.23 Å². The summed E-state index contributed by atoms with van der Waals surface area (Å²) in [7, 11) is 0.583. The molecule has 0 spiro atoms. The van der Waals surface area contributed by atoms with E-state index in [4.69, 9.17) is 4.52 Å². The molecule has 0 aromatic heterocycles. The Balaban J connectivity index is 2.43. The van der Waals surface area contributed by atoms with E-state index in [0.29, 0.717) is 8.81 Å². The van der Waals surface area contributed by atoms with Crippen LogP contribution >= 0.6 is 8.81 Å². The van der Waals surface area contributed by atoms with Crippen LogP contribution in [-0.4, -0.2) is 6.66 Å². The van der Waals surface area contributed by atoms with Crippen LogP contribution in [0.2, 0.25) is 0 Å². The predicted molar refractivity (Wildman–Crippen MR) is 45.5 cm³/mol. The molecule has 0 heterocycles. The molecule has 1 unspecified atom stereocenters. The van der Waals surface area contributed by atoms with Gasteiger partial charge in [-0.2, -0.15) is 0 Å². The van der Waals surface area contributed by atoms with Gasteiger partial charge in [-0.25, -0.2) is 0 Å². The van der Waals surface area contributed by atoms with Crippen molar-refractivity contribution in [2.24, 2.45) is 0 Å². The van der Waals surface area contributed by atoms with Crippen LogP contribution in [0, 0.1) is 0 Å². The van der Waals surface area contributed by atoms with E-state index in [1.165, 1.54) is 5.56 Å². The highest BCUT2D eigenvalue weighted by molar-refractivity contribution is 7.31. The van der Waals surface area contributed by atoms with Gasteiger partial charge in [-0.15, -0.1) is 0 Å². The van der Waals surface area contributed by atoms with Crippen LogP contribution in [0.5, 0.6) is 0 Å². The monoisotopic (exact) mass is 154 g/mol. The summed E-state index contributed by atoms with van der Waals surface area (Å²) in [6.45, 7) is 2.78. The van der Waals surface area contributed by atoms with Gasteiger partial charge in [-0.05, 0) is 12.2 Å². The maximum atomic E-state index is 5.25. The lowest BCUT2D eigenvalue weighted by Crippen LogP contribution is -1.81. The van der Waals surface area contributed by atoms with Gasteiger partial charge in [0.15, 0.2) is 0 Å². The molecule has 54 valence electrons. The molecule has 0 bridgehead atoms. The van der Waals surface area contributed by atoms with Gasteiger partial charge in [-0.3, -0.25) is 0 Å². The Morgan fingerprint density at radius 1 is 1.30 bits per heavy atom. The van der Waals surface area contributed by atoms with E-state index in [9.17, 15) is 0 Å². The summed E-state index contributed by atoms with van der Waals surface area (Å²) in [5, 5.41) is 0. The fourth-order valence-electron chi connectivity index (χ4n) is 0.730. The second-order valence-electron chi connectivity index (χ2n) is 1.98. The maximum absolute atomic E-state index is 5.25. The van der Waals surface area contributed by atoms with Crippen molar-refractivity contribution in [1.29, 1.82) is 0 Å². The Hall–Kier alpha value is -0.390. The molecular formula is C8H11OP. The van der Waals surface area contributed by atoms with Crippen LogP contribution in [0.1, 0.15) is 5.56 Å². The maximum Gasteiger partial charge on any atom is 0.0756 e. The standard InChI is InChI=1S/C8H11OP/c1-10-9-7-8-5-3-2-4-6-8/h2-6,10H,7H2,1H3. The van der Waals surface area contributed by atoms with Gasteiger partial charge < -0.3 is 4.52 Å². The van der Waals surface area contributed by atoms with Gasteiger partial charge in [0, 0.05) is 8.81 Å². The highest BCUT2D eigenvalue weighted by Crippen LogP contribution is 2.09. The Bertz CT molecular complexity index is 174. The summed E-state index contributed by atoms with van der Waals surface area (Å²) >= 11 is 0. The molecule has 0 aliphatic carbocycles. The number of hydrogen-bond acceptors (Lipinski definition) is 1. The molecule has 0 fully saturated rings. The summed E-state index contributed by atoms with van der Waals surface area (Å²) < 4.78 is 5.25. The zero-order valence-corrected chi connectivity index (χ0v) is 7.00. The molecule has 0 aliphatic rings. The van der Waals surface area contributed by atoms with Gasteiger partial charge in [0.25, 0.3) is 0 Å². The summed E-state index contributed by atoms with van der Waals surface area (Å²) in [4.78, 5) is 0. The van der Waals surface area contributed by atoms with Gasteiger partial charge in [0.2, 0.25) is 0 Å². The molecule has 1 aromatic rings. The Kier molecular flexibility index (Phi) is 3.42. The van der Waals surface area contributed by atoms with Crippen molar-refractivity contribution in [2.75, 3.05) is 6.66 Å². The van der Waals surface area contributed by atoms with E-state index < -0.39 is 0 Å².